The largest absolute Gasteiger partial charge is 0.496 e. The normalized spacial score (nSPS) is 37.8. The van der Waals surface area contributed by atoms with E-state index in [1.165, 1.54) is 12.3 Å². The van der Waals surface area contributed by atoms with Gasteiger partial charge in [0.2, 0.25) is 0 Å². The Hall–Kier alpha value is -1.65. The van der Waals surface area contributed by atoms with Gasteiger partial charge in [-0.25, -0.2) is 0 Å². The van der Waals surface area contributed by atoms with Crippen LogP contribution in [-0.2, 0) is 14.7 Å². The summed E-state index contributed by atoms with van der Waals surface area (Å²) >= 11 is 0. The van der Waals surface area contributed by atoms with Crippen LogP contribution in [0.4, 0.5) is 0 Å². The highest BCUT2D eigenvalue weighted by Crippen LogP contribution is 2.58. The molecular formula is C26H36BNO2. The molecule has 0 radical (unpaired) electrons. The van der Waals surface area contributed by atoms with Gasteiger partial charge in [-0.2, -0.15) is 0 Å². The summed E-state index contributed by atoms with van der Waals surface area (Å²) in [6, 6.07) is 4.70. The second-order valence-electron chi connectivity index (χ2n) is 9.15. The average molecular weight is 421 g/mol. The van der Waals surface area contributed by atoms with Gasteiger partial charge in [-0.05, 0) is 80.2 Å². The van der Waals surface area contributed by atoms with Crippen LogP contribution in [0.25, 0.3) is 11.3 Å². The summed E-state index contributed by atoms with van der Waals surface area (Å²) < 4.78 is 148. The van der Waals surface area contributed by atoms with E-state index in [2.05, 4.69) is 4.98 Å². The Bertz CT molecular complexity index is 1490. The molecule has 30 heavy (non-hydrogen) atoms. The number of benzene rings is 1. The highest BCUT2D eigenvalue weighted by molar-refractivity contribution is 6.62. The van der Waals surface area contributed by atoms with Crippen LogP contribution in [0.2, 0.25) is 0 Å². The Morgan fingerprint density at radius 3 is 2.30 bits per heavy atom. The first-order valence-electron chi connectivity index (χ1n) is 17.8. The van der Waals surface area contributed by atoms with Crippen molar-refractivity contribution in [3.8, 4) is 11.3 Å². The molecule has 1 unspecified atom stereocenters. The molecule has 0 bridgehead atoms. The first-order valence-corrected chi connectivity index (χ1v) is 9.75. The first kappa shape index (κ1) is 9.46. The average Bonchev–Trinajstić information content (AvgIpc) is 3.20. The number of nitrogens with zero attached hydrogens (tertiary/aromatic N) is 1. The van der Waals surface area contributed by atoms with Crippen LogP contribution in [0.15, 0.2) is 30.5 Å². The molecule has 4 heteroatoms. The van der Waals surface area contributed by atoms with Gasteiger partial charge in [0.15, 0.2) is 0 Å². The number of pyridine rings is 1. The summed E-state index contributed by atoms with van der Waals surface area (Å²) in [5.41, 5.74) is -9.58. The molecule has 0 N–H and O–H groups in total. The molecule has 0 spiro atoms. The summed E-state index contributed by atoms with van der Waals surface area (Å²) in [7, 11) is -0.776. The molecule has 4 rings (SSSR count). The molecule has 0 amide bonds. The van der Waals surface area contributed by atoms with Gasteiger partial charge in [-0.15, -0.1) is 0 Å². The van der Waals surface area contributed by atoms with Crippen LogP contribution >= 0.6 is 0 Å². The SMILES string of the molecule is [2H]C([2H])([2H])C1([2H])c2cc(-c3cc(C)c(B4OC(C)(C)C(C)(C)O4)cn3)ccc2C(C([2H])([2H])[2H])(C([2H])([2H])[2H])C1(C([2H])([2H])[2H])C([2H])([2H])[2H]. The van der Waals surface area contributed by atoms with Gasteiger partial charge in [0, 0.05) is 39.2 Å². The fraction of sp³-hybridized carbons (Fsp3) is 0.577. The Morgan fingerprint density at radius 2 is 1.73 bits per heavy atom. The predicted octanol–water partition coefficient (Wildman–Crippen LogP) is 5.78. The van der Waals surface area contributed by atoms with Crippen molar-refractivity contribution in [3.63, 3.8) is 0 Å². The van der Waals surface area contributed by atoms with Crippen molar-refractivity contribution in [2.75, 3.05) is 0 Å². The number of aromatic nitrogens is 1. The predicted molar refractivity (Wildman–Crippen MR) is 125 cm³/mol. The number of hydrogen-bond donors (Lipinski definition) is 0. The molecule has 160 valence electrons. The van der Waals surface area contributed by atoms with Gasteiger partial charge in [0.05, 0.1) is 16.9 Å². The molecule has 1 aliphatic heterocycles. The van der Waals surface area contributed by atoms with Gasteiger partial charge >= 0.3 is 7.12 Å². The maximum absolute atomic E-state index is 9.43. The Balaban J connectivity index is 2.10. The maximum atomic E-state index is 9.43. The minimum absolute atomic E-state index is 0.0695. The van der Waals surface area contributed by atoms with E-state index in [4.69, 9.17) is 29.9 Å². The van der Waals surface area contributed by atoms with Crippen LogP contribution in [0.5, 0.6) is 0 Å². The lowest BCUT2D eigenvalue weighted by Gasteiger charge is -2.38. The van der Waals surface area contributed by atoms with E-state index in [0.29, 0.717) is 11.0 Å². The van der Waals surface area contributed by atoms with Gasteiger partial charge in [0.1, 0.15) is 0 Å². The molecular weight excluding hydrogens is 369 g/mol. The summed E-state index contributed by atoms with van der Waals surface area (Å²) in [6.07, 6.45) is 1.46. The third-order valence-corrected chi connectivity index (χ3v) is 6.58. The first-order chi connectivity index (χ1) is 20.3. The van der Waals surface area contributed by atoms with Gasteiger partial charge in [0.25, 0.3) is 0 Å². The Labute approximate surface area is 205 Å². The van der Waals surface area contributed by atoms with E-state index in [0.717, 1.165) is 12.1 Å². The third-order valence-electron chi connectivity index (χ3n) is 6.58. The zero-order valence-electron chi connectivity index (χ0n) is 33.7. The number of fused-ring (bicyclic) bond motifs is 1. The number of rotatable bonds is 2. The second kappa shape index (κ2) is 6.43. The zero-order chi connectivity index (χ0) is 35.7. The van der Waals surface area contributed by atoms with E-state index in [-0.39, 0.29) is 11.3 Å². The Kier molecular flexibility index (Phi) is 2.03. The lowest BCUT2D eigenvalue weighted by molar-refractivity contribution is 0.00578. The highest BCUT2D eigenvalue weighted by atomic mass is 16.7. The molecule has 1 saturated heterocycles. The summed E-state index contributed by atoms with van der Waals surface area (Å²) in [4.78, 5) is 4.45. The number of aryl methyl sites for hydroxylation is 1. The van der Waals surface area contributed by atoms with Gasteiger partial charge in [-0.1, -0.05) is 46.4 Å². The smallest absolute Gasteiger partial charge is 0.399 e. The van der Waals surface area contributed by atoms with E-state index >= 15 is 0 Å². The van der Waals surface area contributed by atoms with E-state index < -0.39 is 80.4 Å². The topological polar surface area (TPSA) is 31.4 Å². The molecule has 2 aromatic rings. The van der Waals surface area contributed by atoms with E-state index in [1.807, 2.05) is 27.7 Å². The molecule has 1 aromatic heterocycles. The van der Waals surface area contributed by atoms with Gasteiger partial charge in [-0.3, -0.25) is 4.98 Å². The molecule has 1 aromatic carbocycles. The number of hydrogen-bond acceptors (Lipinski definition) is 3. The Morgan fingerprint density at radius 1 is 1.03 bits per heavy atom. The van der Waals surface area contributed by atoms with Crippen LogP contribution in [0, 0.1) is 12.3 Å². The van der Waals surface area contributed by atoms with Crippen molar-refractivity contribution in [3.05, 3.63) is 47.2 Å². The lowest BCUT2D eigenvalue weighted by Crippen LogP contribution is -2.41. The summed E-state index contributed by atoms with van der Waals surface area (Å²) in [5, 5.41) is 0. The fourth-order valence-electron chi connectivity index (χ4n) is 3.77. The highest BCUT2D eigenvalue weighted by Gasteiger charge is 2.52. The summed E-state index contributed by atoms with van der Waals surface area (Å²) in [5.74, 6) is -3.78. The van der Waals surface area contributed by atoms with Crippen molar-refractivity contribution in [2.45, 2.75) is 91.4 Å². The van der Waals surface area contributed by atoms with Crippen molar-refractivity contribution in [1.29, 1.82) is 0 Å². The standard InChI is InChI=1S/C26H36BNO2/c1-16-13-22(28-15-21(16)27-29-25(7,8)26(9,10)30-27)18-11-12-20-19(14-18)17(2)23(3,4)24(20,5)6/h11-15,17H,1-10H3/i2D3,3D3,4D3,5D3,6D3,17D. The molecule has 2 heterocycles. The van der Waals surface area contributed by atoms with Crippen LogP contribution in [0.3, 0.4) is 0 Å². The quantitative estimate of drug-likeness (QED) is 0.576. The zero-order valence-corrected chi connectivity index (χ0v) is 17.7. The third kappa shape index (κ3) is 2.91. The van der Waals surface area contributed by atoms with Crippen molar-refractivity contribution in [2.24, 2.45) is 5.41 Å². The second-order valence-corrected chi connectivity index (χ2v) is 9.15. The molecule has 1 fully saturated rings. The van der Waals surface area contributed by atoms with Crippen LogP contribution in [0.1, 0.15) is 106 Å². The van der Waals surface area contributed by atoms with Crippen LogP contribution < -0.4 is 5.46 Å². The van der Waals surface area contributed by atoms with E-state index in [1.54, 1.807) is 13.0 Å². The van der Waals surface area contributed by atoms with Crippen LogP contribution in [-0.4, -0.2) is 23.3 Å². The monoisotopic (exact) mass is 421 g/mol. The van der Waals surface area contributed by atoms with Gasteiger partial charge < -0.3 is 9.31 Å². The molecule has 1 atom stereocenters. The molecule has 1 aliphatic carbocycles. The lowest BCUT2D eigenvalue weighted by atomic mass is 9.65. The van der Waals surface area contributed by atoms with Crippen molar-refractivity contribution in [1.82, 2.24) is 4.98 Å². The summed E-state index contributed by atoms with van der Waals surface area (Å²) in [6.45, 7) is -10.7. The maximum Gasteiger partial charge on any atom is 0.496 e. The molecule has 2 aliphatic rings. The minimum atomic E-state index is -4.16. The molecule has 3 nitrogen and oxygen atoms in total. The van der Waals surface area contributed by atoms with E-state index in [9.17, 15) is 1.37 Å². The fourth-order valence-corrected chi connectivity index (χ4v) is 3.77. The van der Waals surface area contributed by atoms with Crippen molar-refractivity contribution >= 4 is 12.6 Å². The minimum Gasteiger partial charge on any atom is -0.399 e. The molecule has 0 saturated carbocycles. The van der Waals surface area contributed by atoms with Crippen molar-refractivity contribution < 1.29 is 31.2 Å².